The fourth-order valence-corrected chi connectivity index (χ4v) is 4.61. The maximum atomic E-state index is 11.8. The van der Waals surface area contributed by atoms with Crippen LogP contribution >= 0.6 is 0 Å². The van der Waals surface area contributed by atoms with E-state index in [0.717, 1.165) is 19.4 Å². The van der Waals surface area contributed by atoms with E-state index >= 15 is 0 Å². The second-order valence-corrected chi connectivity index (χ2v) is 7.42. The smallest absolute Gasteiger partial charge is 0.331 e. The highest BCUT2D eigenvalue weighted by Gasteiger charge is 2.64. The third kappa shape index (κ3) is 2.53. The molecule has 0 atom stereocenters. The molecule has 2 saturated carbocycles. The van der Waals surface area contributed by atoms with Crippen LogP contribution in [0, 0.1) is 11.3 Å². The lowest BCUT2D eigenvalue weighted by atomic mass is 9.45. The van der Waals surface area contributed by atoms with E-state index < -0.39 is 11.5 Å². The number of benzene rings is 1. The summed E-state index contributed by atoms with van der Waals surface area (Å²) in [5.74, 6) is -0.210. The molecule has 2 fully saturated rings. The predicted molar refractivity (Wildman–Crippen MR) is 88.3 cm³/mol. The first kappa shape index (κ1) is 15.4. The first-order valence-corrected chi connectivity index (χ1v) is 8.47. The van der Waals surface area contributed by atoms with Crippen LogP contribution in [-0.2, 0) is 21.7 Å². The summed E-state index contributed by atoms with van der Waals surface area (Å²) in [6.07, 6.45) is 6.92. The third-order valence-corrected chi connectivity index (χ3v) is 5.58. The molecule has 0 unspecified atom stereocenters. The van der Waals surface area contributed by atoms with E-state index in [-0.39, 0.29) is 5.41 Å². The second kappa shape index (κ2) is 5.74. The summed E-state index contributed by atoms with van der Waals surface area (Å²) >= 11 is 0. The van der Waals surface area contributed by atoms with Crippen molar-refractivity contribution in [1.29, 1.82) is 0 Å². The Labute approximate surface area is 141 Å². The molecule has 1 N–H and O–H groups in total. The van der Waals surface area contributed by atoms with Gasteiger partial charge in [0.25, 0.3) is 0 Å². The quantitative estimate of drug-likeness (QED) is 0.886. The maximum Gasteiger partial charge on any atom is 0.331 e. The number of hydrogen-bond acceptors (Lipinski definition) is 3. The van der Waals surface area contributed by atoms with Crippen molar-refractivity contribution in [3.63, 3.8) is 0 Å². The summed E-state index contributed by atoms with van der Waals surface area (Å²) in [6.45, 7) is 1.41. The van der Waals surface area contributed by atoms with Gasteiger partial charge in [-0.15, -0.1) is 0 Å². The monoisotopic (exact) mass is 326 g/mol. The van der Waals surface area contributed by atoms with Gasteiger partial charge in [-0.05, 0) is 48.6 Å². The third-order valence-electron chi connectivity index (χ3n) is 5.58. The first-order valence-electron chi connectivity index (χ1n) is 8.47. The molecule has 0 saturated heterocycles. The highest BCUT2D eigenvalue weighted by atomic mass is 16.5. The molecule has 0 aliphatic heterocycles. The van der Waals surface area contributed by atoms with Crippen molar-refractivity contribution in [2.24, 2.45) is 11.3 Å². The van der Waals surface area contributed by atoms with Crippen LogP contribution in [-0.4, -0.2) is 27.5 Å². The molecule has 5 nitrogen and oxygen atoms in total. The van der Waals surface area contributed by atoms with Crippen LogP contribution in [0.1, 0.15) is 31.2 Å². The lowest BCUT2D eigenvalue weighted by Gasteiger charge is -2.61. The van der Waals surface area contributed by atoms with E-state index in [9.17, 15) is 9.90 Å². The van der Waals surface area contributed by atoms with E-state index in [1.54, 1.807) is 23.1 Å². The van der Waals surface area contributed by atoms with Gasteiger partial charge in [0.15, 0.2) is 5.54 Å². The van der Waals surface area contributed by atoms with Gasteiger partial charge in [0.05, 0.1) is 6.61 Å². The molecule has 4 rings (SSSR count). The van der Waals surface area contributed by atoms with Crippen LogP contribution in [0.2, 0.25) is 0 Å². The number of hydrogen-bond donors (Lipinski definition) is 1. The van der Waals surface area contributed by atoms with Crippen molar-refractivity contribution in [3.8, 4) is 0 Å². The summed E-state index contributed by atoms with van der Waals surface area (Å²) in [6, 6.07) is 12.0. The molecule has 0 amide bonds. The van der Waals surface area contributed by atoms with Gasteiger partial charge in [-0.25, -0.2) is 4.79 Å². The largest absolute Gasteiger partial charge is 0.479 e. The summed E-state index contributed by atoms with van der Waals surface area (Å²) < 4.78 is 7.45. The normalized spacial score (nSPS) is 31.4. The van der Waals surface area contributed by atoms with Crippen LogP contribution in [0.4, 0.5) is 0 Å². The van der Waals surface area contributed by atoms with Crippen LogP contribution < -0.4 is 0 Å². The van der Waals surface area contributed by atoms with E-state index in [0.29, 0.717) is 25.4 Å². The average Bonchev–Trinajstić information content (AvgIpc) is 3.03. The van der Waals surface area contributed by atoms with Crippen molar-refractivity contribution in [3.05, 3.63) is 54.4 Å². The van der Waals surface area contributed by atoms with Crippen LogP contribution in [0.3, 0.4) is 0 Å². The number of carboxylic acid groups (broad SMARTS) is 1. The first-order chi connectivity index (χ1) is 11.6. The zero-order valence-corrected chi connectivity index (χ0v) is 13.6. The molecule has 126 valence electrons. The molecule has 2 aliphatic rings. The Morgan fingerprint density at radius 3 is 2.62 bits per heavy atom. The Balaban J connectivity index is 1.27. The summed E-state index contributed by atoms with van der Waals surface area (Å²) in [7, 11) is 0. The van der Waals surface area contributed by atoms with Gasteiger partial charge in [0.2, 0.25) is 0 Å². The molecule has 1 aromatic carbocycles. The predicted octanol–water partition coefficient (Wildman–Crippen LogP) is 3.07. The van der Waals surface area contributed by atoms with Crippen LogP contribution in [0.25, 0.3) is 0 Å². The number of aliphatic carboxylic acids is 1. The Morgan fingerprint density at radius 1 is 1.25 bits per heavy atom. The molecule has 2 aliphatic carbocycles. The van der Waals surface area contributed by atoms with E-state index in [4.69, 9.17) is 4.74 Å². The van der Waals surface area contributed by atoms with E-state index in [1.807, 2.05) is 18.2 Å². The van der Waals surface area contributed by atoms with E-state index in [2.05, 4.69) is 17.2 Å². The lowest BCUT2D eigenvalue weighted by molar-refractivity contribution is -0.181. The molecule has 0 bridgehead atoms. The van der Waals surface area contributed by atoms with Gasteiger partial charge in [0.1, 0.15) is 0 Å². The number of aromatic nitrogens is 2. The van der Waals surface area contributed by atoms with Gasteiger partial charge < -0.3 is 9.84 Å². The van der Waals surface area contributed by atoms with Gasteiger partial charge >= 0.3 is 5.97 Å². The van der Waals surface area contributed by atoms with Crippen molar-refractivity contribution in [2.75, 3.05) is 6.61 Å². The SMILES string of the molecule is O=C(O)C1(n2cccn2)CC2(CC(COCc3ccccc3)C2)C1. The zero-order chi connectivity index (χ0) is 16.6. The van der Waals surface area contributed by atoms with Gasteiger partial charge in [-0.3, -0.25) is 4.68 Å². The molecule has 2 aromatic rings. The highest BCUT2D eigenvalue weighted by Crippen LogP contribution is 2.65. The number of nitrogens with zero attached hydrogens (tertiary/aromatic N) is 2. The molecule has 0 radical (unpaired) electrons. The Hall–Kier alpha value is -2.14. The summed E-state index contributed by atoms with van der Waals surface area (Å²) in [5.41, 5.74) is 0.545. The highest BCUT2D eigenvalue weighted by molar-refractivity contribution is 5.78. The maximum absolute atomic E-state index is 11.8. The molecule has 1 heterocycles. The summed E-state index contributed by atoms with van der Waals surface area (Å²) in [5, 5.41) is 13.8. The minimum atomic E-state index is -0.834. The Kier molecular flexibility index (Phi) is 3.68. The number of carboxylic acids is 1. The Morgan fingerprint density at radius 2 is 2.00 bits per heavy atom. The minimum Gasteiger partial charge on any atom is -0.479 e. The zero-order valence-electron chi connectivity index (χ0n) is 13.6. The fourth-order valence-electron chi connectivity index (χ4n) is 4.61. The van der Waals surface area contributed by atoms with Crippen molar-refractivity contribution in [1.82, 2.24) is 9.78 Å². The number of rotatable bonds is 6. The topological polar surface area (TPSA) is 64.3 Å². The van der Waals surface area contributed by atoms with Crippen LogP contribution in [0.5, 0.6) is 0 Å². The molecule has 5 heteroatoms. The van der Waals surface area contributed by atoms with Gasteiger partial charge in [-0.2, -0.15) is 5.10 Å². The Bertz CT molecular complexity index is 697. The lowest BCUT2D eigenvalue weighted by Crippen LogP contribution is -2.62. The molecular formula is C19H22N2O3. The van der Waals surface area contributed by atoms with Crippen molar-refractivity contribution in [2.45, 2.75) is 37.8 Å². The average molecular weight is 326 g/mol. The fraction of sp³-hybridized carbons (Fsp3) is 0.474. The van der Waals surface area contributed by atoms with E-state index in [1.165, 1.54) is 5.56 Å². The second-order valence-electron chi connectivity index (χ2n) is 7.42. The van der Waals surface area contributed by atoms with Crippen molar-refractivity contribution >= 4 is 5.97 Å². The molecule has 1 spiro atoms. The van der Waals surface area contributed by atoms with Gasteiger partial charge in [-0.1, -0.05) is 30.3 Å². The molecule has 24 heavy (non-hydrogen) atoms. The molecular weight excluding hydrogens is 304 g/mol. The van der Waals surface area contributed by atoms with Gasteiger partial charge in [0, 0.05) is 19.0 Å². The number of ether oxygens (including phenoxy) is 1. The number of carbonyl (C=O) groups is 1. The summed E-state index contributed by atoms with van der Waals surface area (Å²) in [4.78, 5) is 11.8. The molecule has 1 aromatic heterocycles. The van der Waals surface area contributed by atoms with Crippen molar-refractivity contribution < 1.29 is 14.6 Å². The standard InChI is InChI=1S/C19H22N2O3/c22-17(23)19(21-8-4-7-20-21)13-18(14-19)9-16(10-18)12-24-11-15-5-2-1-3-6-15/h1-8,16H,9-14H2,(H,22,23). The minimum absolute atomic E-state index is 0.186. The van der Waals surface area contributed by atoms with Crippen LogP contribution in [0.15, 0.2) is 48.8 Å².